The minimum absolute atomic E-state index is 0.141. The second-order valence-corrected chi connectivity index (χ2v) is 4.07. The molecule has 102 valence electrons. The van der Waals surface area contributed by atoms with Crippen molar-refractivity contribution in [2.75, 3.05) is 5.32 Å². The van der Waals surface area contributed by atoms with Crippen LogP contribution in [0.4, 0.5) is 19.0 Å². The van der Waals surface area contributed by atoms with Crippen LogP contribution in [0.5, 0.6) is 0 Å². The largest absolute Gasteiger partial charge is 0.433 e. The topological polar surface area (TPSA) is 48.7 Å². The van der Waals surface area contributed by atoms with Gasteiger partial charge in [0.2, 0.25) is 0 Å². The van der Waals surface area contributed by atoms with Crippen molar-refractivity contribution in [2.24, 2.45) is 0 Å². The molecule has 20 heavy (non-hydrogen) atoms. The van der Waals surface area contributed by atoms with E-state index in [1.54, 1.807) is 24.3 Å². The summed E-state index contributed by atoms with van der Waals surface area (Å²) in [7, 11) is 0. The van der Waals surface area contributed by atoms with E-state index in [1.165, 1.54) is 12.1 Å². The zero-order valence-corrected chi connectivity index (χ0v) is 10.3. The van der Waals surface area contributed by atoms with Crippen molar-refractivity contribution >= 4 is 5.82 Å². The van der Waals surface area contributed by atoms with Gasteiger partial charge in [-0.1, -0.05) is 18.2 Å². The van der Waals surface area contributed by atoms with Gasteiger partial charge in [-0.2, -0.15) is 18.4 Å². The van der Waals surface area contributed by atoms with E-state index in [0.717, 1.165) is 11.6 Å². The number of hydrogen-bond donors (Lipinski definition) is 1. The van der Waals surface area contributed by atoms with Gasteiger partial charge in [0.1, 0.15) is 11.5 Å². The number of hydrogen-bond acceptors (Lipinski definition) is 3. The standard InChI is InChI=1S/C14H10F3N3/c15-14(16,17)12-5-2-6-13(20-12)19-9-11-4-1-3-10(7-11)8-18/h1-7H,9H2,(H,19,20). The van der Waals surface area contributed by atoms with Crippen molar-refractivity contribution in [1.82, 2.24) is 4.98 Å². The van der Waals surface area contributed by atoms with Crippen LogP contribution in [0, 0.1) is 11.3 Å². The summed E-state index contributed by atoms with van der Waals surface area (Å²) >= 11 is 0. The monoisotopic (exact) mass is 277 g/mol. The van der Waals surface area contributed by atoms with E-state index in [1.807, 2.05) is 6.07 Å². The fourth-order valence-electron chi connectivity index (χ4n) is 1.63. The molecule has 2 aromatic rings. The lowest BCUT2D eigenvalue weighted by atomic mass is 10.1. The third-order valence-corrected chi connectivity index (χ3v) is 2.57. The zero-order chi connectivity index (χ0) is 14.6. The molecule has 0 bridgehead atoms. The number of nitrogens with zero attached hydrogens (tertiary/aromatic N) is 2. The first kappa shape index (κ1) is 13.9. The SMILES string of the molecule is N#Cc1cccc(CNc2cccc(C(F)(F)F)n2)c1. The lowest BCUT2D eigenvalue weighted by molar-refractivity contribution is -0.141. The normalized spacial score (nSPS) is 10.9. The first-order valence-electron chi connectivity index (χ1n) is 5.76. The van der Waals surface area contributed by atoms with Crippen LogP contribution in [-0.4, -0.2) is 4.98 Å². The molecule has 0 spiro atoms. The fourth-order valence-corrected chi connectivity index (χ4v) is 1.63. The van der Waals surface area contributed by atoms with Gasteiger partial charge in [-0.05, 0) is 29.8 Å². The summed E-state index contributed by atoms with van der Waals surface area (Å²) in [4.78, 5) is 3.50. The van der Waals surface area contributed by atoms with Gasteiger partial charge in [0.05, 0.1) is 11.6 Å². The second-order valence-electron chi connectivity index (χ2n) is 4.07. The van der Waals surface area contributed by atoms with E-state index in [9.17, 15) is 13.2 Å². The second kappa shape index (κ2) is 5.61. The van der Waals surface area contributed by atoms with E-state index in [0.29, 0.717) is 12.1 Å². The highest BCUT2D eigenvalue weighted by atomic mass is 19.4. The van der Waals surface area contributed by atoms with Gasteiger partial charge in [0.15, 0.2) is 0 Å². The van der Waals surface area contributed by atoms with E-state index in [4.69, 9.17) is 5.26 Å². The molecule has 1 heterocycles. The molecule has 2 rings (SSSR count). The van der Waals surface area contributed by atoms with Crippen LogP contribution in [0.25, 0.3) is 0 Å². The van der Waals surface area contributed by atoms with Crippen LogP contribution in [0.15, 0.2) is 42.5 Å². The maximum atomic E-state index is 12.5. The van der Waals surface area contributed by atoms with Crippen molar-refractivity contribution in [3.05, 3.63) is 59.3 Å². The van der Waals surface area contributed by atoms with Gasteiger partial charge < -0.3 is 5.32 Å². The van der Waals surface area contributed by atoms with E-state index in [-0.39, 0.29) is 5.82 Å². The van der Waals surface area contributed by atoms with Crippen molar-refractivity contribution in [1.29, 1.82) is 5.26 Å². The van der Waals surface area contributed by atoms with Gasteiger partial charge in [-0.3, -0.25) is 0 Å². The minimum Gasteiger partial charge on any atom is -0.366 e. The molecule has 1 N–H and O–H groups in total. The average molecular weight is 277 g/mol. The van der Waals surface area contributed by atoms with Gasteiger partial charge in [-0.15, -0.1) is 0 Å². The molecule has 1 aromatic heterocycles. The minimum atomic E-state index is -4.46. The maximum absolute atomic E-state index is 12.5. The Morgan fingerprint density at radius 1 is 1.15 bits per heavy atom. The van der Waals surface area contributed by atoms with Gasteiger partial charge >= 0.3 is 6.18 Å². The number of pyridine rings is 1. The molecule has 0 radical (unpaired) electrons. The molecule has 0 saturated carbocycles. The Kier molecular flexibility index (Phi) is 3.89. The molecule has 1 aromatic carbocycles. The Hall–Kier alpha value is -2.55. The van der Waals surface area contributed by atoms with Crippen molar-refractivity contribution in [3.8, 4) is 6.07 Å². The highest BCUT2D eigenvalue weighted by molar-refractivity contribution is 5.39. The fraction of sp³-hybridized carbons (Fsp3) is 0.143. The number of rotatable bonds is 3. The molecule has 0 unspecified atom stereocenters. The number of aromatic nitrogens is 1. The zero-order valence-electron chi connectivity index (χ0n) is 10.3. The molecule has 6 heteroatoms. The molecule has 0 atom stereocenters. The first-order valence-corrected chi connectivity index (χ1v) is 5.76. The number of nitrogens with one attached hydrogen (secondary N) is 1. The molecular formula is C14H10F3N3. The summed E-state index contributed by atoms with van der Waals surface area (Å²) in [5.74, 6) is 0.141. The van der Waals surface area contributed by atoms with Crippen LogP contribution >= 0.6 is 0 Å². The number of halogens is 3. The summed E-state index contributed by atoms with van der Waals surface area (Å²) in [5.41, 5.74) is 0.359. The molecular weight excluding hydrogens is 267 g/mol. The third kappa shape index (κ3) is 3.48. The molecule has 0 aliphatic carbocycles. The van der Waals surface area contributed by atoms with E-state index < -0.39 is 11.9 Å². The van der Waals surface area contributed by atoms with Gasteiger partial charge in [0, 0.05) is 6.54 Å². The lowest BCUT2D eigenvalue weighted by Gasteiger charge is -2.09. The molecule has 3 nitrogen and oxygen atoms in total. The van der Waals surface area contributed by atoms with Crippen molar-refractivity contribution in [2.45, 2.75) is 12.7 Å². The van der Waals surface area contributed by atoms with Gasteiger partial charge in [0.25, 0.3) is 0 Å². The number of nitriles is 1. The summed E-state index contributed by atoms with van der Waals surface area (Å²) < 4.78 is 37.5. The molecule has 0 amide bonds. The van der Waals surface area contributed by atoms with Crippen LogP contribution in [0.3, 0.4) is 0 Å². The summed E-state index contributed by atoms with van der Waals surface area (Å²) in [5, 5.41) is 11.6. The summed E-state index contributed by atoms with van der Waals surface area (Å²) in [6.07, 6.45) is -4.46. The Labute approximate surface area is 113 Å². The van der Waals surface area contributed by atoms with Crippen molar-refractivity contribution < 1.29 is 13.2 Å². The van der Waals surface area contributed by atoms with Crippen LogP contribution < -0.4 is 5.32 Å². The van der Waals surface area contributed by atoms with Crippen molar-refractivity contribution in [3.63, 3.8) is 0 Å². The highest BCUT2D eigenvalue weighted by Gasteiger charge is 2.32. The van der Waals surface area contributed by atoms with E-state index >= 15 is 0 Å². The third-order valence-electron chi connectivity index (χ3n) is 2.57. The Balaban J connectivity index is 2.09. The number of alkyl halides is 3. The Morgan fingerprint density at radius 2 is 1.90 bits per heavy atom. The number of benzene rings is 1. The molecule has 0 saturated heterocycles. The highest BCUT2D eigenvalue weighted by Crippen LogP contribution is 2.28. The Morgan fingerprint density at radius 3 is 2.60 bits per heavy atom. The molecule has 0 aliphatic rings. The average Bonchev–Trinajstić information content (AvgIpc) is 2.45. The predicted octanol–water partition coefficient (Wildman–Crippen LogP) is 3.58. The maximum Gasteiger partial charge on any atom is 0.433 e. The number of anilines is 1. The smallest absolute Gasteiger partial charge is 0.366 e. The van der Waals surface area contributed by atoms with Crippen LogP contribution in [0.2, 0.25) is 0 Å². The Bertz CT molecular complexity index is 645. The summed E-state index contributed by atoms with van der Waals surface area (Å²) in [6, 6.07) is 12.5. The van der Waals surface area contributed by atoms with Crippen LogP contribution in [-0.2, 0) is 12.7 Å². The lowest BCUT2D eigenvalue weighted by Crippen LogP contribution is -2.10. The quantitative estimate of drug-likeness (QED) is 0.932. The van der Waals surface area contributed by atoms with E-state index in [2.05, 4.69) is 10.3 Å². The molecule has 0 aliphatic heterocycles. The molecule has 0 fully saturated rings. The van der Waals surface area contributed by atoms with Crippen LogP contribution in [0.1, 0.15) is 16.8 Å². The predicted molar refractivity (Wildman–Crippen MR) is 67.7 cm³/mol. The van der Waals surface area contributed by atoms with Gasteiger partial charge in [-0.25, -0.2) is 4.98 Å². The summed E-state index contributed by atoms with van der Waals surface area (Å²) in [6.45, 7) is 0.295. The first-order chi connectivity index (χ1) is 9.49.